The van der Waals surface area contributed by atoms with E-state index in [9.17, 15) is 0 Å². The van der Waals surface area contributed by atoms with E-state index in [1.54, 1.807) is 20.3 Å². The van der Waals surface area contributed by atoms with Crippen molar-refractivity contribution in [2.75, 3.05) is 14.2 Å². The molecule has 0 aliphatic heterocycles. The Labute approximate surface area is 136 Å². The molecule has 0 heterocycles. The third-order valence-electron chi connectivity index (χ3n) is 2.92. The standard InChI is InChI=1S/C15H13BrCl2O2/c1-19-11-5-3-9(4-6-11)14(18)12-7-10(17)8-13(16)15(12)20-2/h3-8,14H,1-2H3. The van der Waals surface area contributed by atoms with E-state index in [0.29, 0.717) is 10.8 Å². The Kier molecular flexibility index (Phi) is 5.19. The van der Waals surface area contributed by atoms with Crippen molar-refractivity contribution in [1.29, 1.82) is 0 Å². The summed E-state index contributed by atoms with van der Waals surface area (Å²) in [6.07, 6.45) is 0. The maximum Gasteiger partial charge on any atom is 0.138 e. The lowest BCUT2D eigenvalue weighted by molar-refractivity contribution is 0.407. The first-order valence-electron chi connectivity index (χ1n) is 5.87. The molecule has 1 atom stereocenters. The van der Waals surface area contributed by atoms with Crippen LogP contribution in [0.15, 0.2) is 40.9 Å². The Morgan fingerprint density at radius 3 is 2.25 bits per heavy atom. The summed E-state index contributed by atoms with van der Waals surface area (Å²) in [7, 11) is 3.24. The Morgan fingerprint density at radius 2 is 1.70 bits per heavy atom. The summed E-state index contributed by atoms with van der Waals surface area (Å²) in [5, 5.41) is 0.248. The van der Waals surface area contributed by atoms with Crippen LogP contribution >= 0.6 is 39.1 Å². The van der Waals surface area contributed by atoms with Crippen molar-refractivity contribution in [1.82, 2.24) is 0 Å². The van der Waals surface area contributed by atoms with Gasteiger partial charge >= 0.3 is 0 Å². The van der Waals surface area contributed by atoms with E-state index in [1.807, 2.05) is 30.3 Å². The van der Waals surface area contributed by atoms with E-state index >= 15 is 0 Å². The quantitative estimate of drug-likeness (QED) is 0.661. The van der Waals surface area contributed by atoms with Crippen molar-refractivity contribution in [2.45, 2.75) is 5.38 Å². The highest BCUT2D eigenvalue weighted by atomic mass is 79.9. The Hall–Kier alpha value is -0.900. The summed E-state index contributed by atoms with van der Waals surface area (Å²) in [6.45, 7) is 0. The molecule has 2 aromatic carbocycles. The average molecular weight is 376 g/mol. The van der Waals surface area contributed by atoms with E-state index in [1.165, 1.54) is 0 Å². The number of rotatable bonds is 4. The van der Waals surface area contributed by atoms with Crippen LogP contribution in [-0.4, -0.2) is 14.2 Å². The first-order chi connectivity index (χ1) is 9.56. The molecule has 2 nitrogen and oxygen atoms in total. The third-order valence-corrected chi connectivity index (χ3v) is 4.22. The lowest BCUT2D eigenvalue weighted by Gasteiger charge is -2.16. The average Bonchev–Trinajstić information content (AvgIpc) is 2.46. The highest BCUT2D eigenvalue weighted by molar-refractivity contribution is 9.10. The minimum absolute atomic E-state index is 0.356. The SMILES string of the molecule is COc1ccc(C(Cl)c2cc(Cl)cc(Br)c2OC)cc1. The molecule has 0 fully saturated rings. The second-order valence-electron chi connectivity index (χ2n) is 4.15. The molecule has 1 unspecified atom stereocenters. The van der Waals surface area contributed by atoms with Gasteiger partial charge in [0.2, 0.25) is 0 Å². The molecule has 106 valence electrons. The van der Waals surface area contributed by atoms with Gasteiger partial charge in [0.1, 0.15) is 11.5 Å². The molecule has 0 amide bonds. The first-order valence-corrected chi connectivity index (χ1v) is 7.48. The molecule has 0 saturated heterocycles. The molecule has 20 heavy (non-hydrogen) atoms. The second-order valence-corrected chi connectivity index (χ2v) is 5.87. The van der Waals surface area contributed by atoms with Crippen molar-refractivity contribution >= 4 is 39.1 Å². The molecule has 0 aliphatic rings. The molecule has 0 aromatic heterocycles. The highest BCUT2D eigenvalue weighted by Gasteiger charge is 2.19. The maximum absolute atomic E-state index is 6.55. The molecular formula is C15H13BrCl2O2. The molecular weight excluding hydrogens is 363 g/mol. The van der Waals surface area contributed by atoms with Crippen LogP contribution in [0.2, 0.25) is 5.02 Å². The van der Waals surface area contributed by atoms with Gasteiger partial charge in [-0.1, -0.05) is 23.7 Å². The van der Waals surface area contributed by atoms with Crippen molar-refractivity contribution in [3.63, 3.8) is 0 Å². The monoisotopic (exact) mass is 374 g/mol. The van der Waals surface area contributed by atoms with Crippen LogP contribution in [-0.2, 0) is 0 Å². The predicted molar refractivity (Wildman–Crippen MR) is 86.4 cm³/mol. The molecule has 0 saturated carbocycles. The first kappa shape index (κ1) is 15.5. The van der Waals surface area contributed by atoms with Gasteiger partial charge in [-0.2, -0.15) is 0 Å². The van der Waals surface area contributed by atoms with E-state index in [0.717, 1.165) is 21.3 Å². The molecule has 2 aromatic rings. The molecule has 0 spiro atoms. The number of hydrogen-bond donors (Lipinski definition) is 0. The largest absolute Gasteiger partial charge is 0.497 e. The number of benzene rings is 2. The van der Waals surface area contributed by atoms with Crippen molar-refractivity contribution in [3.8, 4) is 11.5 Å². The van der Waals surface area contributed by atoms with Crippen LogP contribution in [0.4, 0.5) is 0 Å². The second kappa shape index (κ2) is 6.70. The number of methoxy groups -OCH3 is 2. The summed E-state index contributed by atoms with van der Waals surface area (Å²) in [6, 6.07) is 11.2. The topological polar surface area (TPSA) is 18.5 Å². The molecule has 5 heteroatoms. The zero-order valence-corrected chi connectivity index (χ0v) is 14.1. The Balaban J connectivity index is 2.43. The van der Waals surface area contributed by atoms with Gasteiger partial charge in [-0.3, -0.25) is 0 Å². The normalized spacial score (nSPS) is 12.1. The van der Waals surface area contributed by atoms with Gasteiger partial charge < -0.3 is 9.47 Å². The number of alkyl halides is 1. The van der Waals surface area contributed by atoms with Crippen LogP contribution in [0.25, 0.3) is 0 Å². The minimum atomic E-state index is -0.356. The fourth-order valence-electron chi connectivity index (χ4n) is 1.94. The molecule has 2 rings (SSSR count). The van der Waals surface area contributed by atoms with Crippen molar-refractivity contribution in [3.05, 3.63) is 57.0 Å². The Morgan fingerprint density at radius 1 is 1.05 bits per heavy atom. The number of halogens is 3. The van der Waals surface area contributed by atoms with E-state index in [-0.39, 0.29) is 5.38 Å². The van der Waals surface area contributed by atoms with E-state index in [2.05, 4.69) is 15.9 Å². The van der Waals surface area contributed by atoms with Gasteiger partial charge in [-0.25, -0.2) is 0 Å². The summed E-state index contributed by atoms with van der Waals surface area (Å²) >= 11 is 16.1. The van der Waals surface area contributed by atoms with Gasteiger partial charge in [0.15, 0.2) is 0 Å². The fourth-order valence-corrected chi connectivity index (χ4v) is 3.24. The molecule has 0 bridgehead atoms. The highest BCUT2D eigenvalue weighted by Crippen LogP contribution is 2.41. The van der Waals surface area contributed by atoms with Gasteiger partial charge in [0.05, 0.1) is 24.1 Å². The fraction of sp³-hybridized carbons (Fsp3) is 0.200. The van der Waals surface area contributed by atoms with Gasteiger partial charge in [-0.05, 0) is 45.8 Å². The van der Waals surface area contributed by atoms with Crippen LogP contribution in [0.5, 0.6) is 11.5 Å². The number of ether oxygens (including phenoxy) is 2. The zero-order chi connectivity index (χ0) is 14.7. The van der Waals surface area contributed by atoms with Crippen LogP contribution in [0.1, 0.15) is 16.5 Å². The molecule has 0 radical (unpaired) electrons. The third kappa shape index (κ3) is 3.22. The van der Waals surface area contributed by atoms with Crippen molar-refractivity contribution < 1.29 is 9.47 Å². The molecule has 0 aliphatic carbocycles. The lowest BCUT2D eigenvalue weighted by Crippen LogP contribution is -1.98. The van der Waals surface area contributed by atoms with Crippen molar-refractivity contribution in [2.24, 2.45) is 0 Å². The zero-order valence-electron chi connectivity index (χ0n) is 11.0. The smallest absolute Gasteiger partial charge is 0.138 e. The van der Waals surface area contributed by atoms with E-state index < -0.39 is 0 Å². The molecule has 0 N–H and O–H groups in total. The van der Waals surface area contributed by atoms with Crippen LogP contribution in [0.3, 0.4) is 0 Å². The summed E-state index contributed by atoms with van der Waals surface area (Å²) in [5.41, 5.74) is 1.76. The van der Waals surface area contributed by atoms with Crippen LogP contribution < -0.4 is 9.47 Å². The maximum atomic E-state index is 6.55. The van der Waals surface area contributed by atoms with E-state index in [4.69, 9.17) is 32.7 Å². The predicted octanol–water partition coefficient (Wildman–Crippen LogP) is 5.45. The minimum Gasteiger partial charge on any atom is -0.497 e. The summed E-state index contributed by atoms with van der Waals surface area (Å²) in [4.78, 5) is 0. The summed E-state index contributed by atoms with van der Waals surface area (Å²) < 4.78 is 11.3. The Bertz CT molecular complexity index is 600. The van der Waals surface area contributed by atoms with Gasteiger partial charge in [0.25, 0.3) is 0 Å². The summed E-state index contributed by atoms with van der Waals surface area (Å²) in [5.74, 6) is 1.47. The van der Waals surface area contributed by atoms with Gasteiger partial charge in [-0.15, -0.1) is 11.6 Å². The number of hydrogen-bond acceptors (Lipinski definition) is 2. The van der Waals surface area contributed by atoms with Gasteiger partial charge in [0, 0.05) is 10.6 Å². The lowest BCUT2D eigenvalue weighted by atomic mass is 10.0. The van der Waals surface area contributed by atoms with Crippen LogP contribution in [0, 0.1) is 0 Å².